The number of esters is 1. The summed E-state index contributed by atoms with van der Waals surface area (Å²) < 4.78 is 5.55. The molecule has 0 spiro atoms. The number of fused-ring (bicyclic) bond motifs is 1. The van der Waals surface area contributed by atoms with Crippen LogP contribution in [0.2, 0.25) is 0 Å². The van der Waals surface area contributed by atoms with Gasteiger partial charge in [0.05, 0.1) is 11.8 Å². The number of ether oxygens (including phenoxy) is 1. The molecule has 2 aliphatic carbocycles. The van der Waals surface area contributed by atoms with E-state index >= 15 is 0 Å². The van der Waals surface area contributed by atoms with Crippen LogP contribution in [0.5, 0.6) is 0 Å². The average Bonchev–Trinajstić information content (AvgIpc) is 3.51. The van der Waals surface area contributed by atoms with Gasteiger partial charge in [-0.25, -0.2) is 4.79 Å². The molecule has 1 heterocycles. The summed E-state index contributed by atoms with van der Waals surface area (Å²) in [6.07, 6.45) is 3.93. The van der Waals surface area contributed by atoms with E-state index in [9.17, 15) is 19.2 Å². The highest BCUT2D eigenvalue weighted by molar-refractivity contribution is 6.07. The summed E-state index contributed by atoms with van der Waals surface area (Å²) in [4.78, 5) is 52.1. The molecule has 0 bridgehead atoms. The summed E-state index contributed by atoms with van der Waals surface area (Å²) in [5.74, 6) is -2.35. The molecule has 0 radical (unpaired) electrons. The lowest BCUT2D eigenvalue weighted by atomic mass is 9.81. The van der Waals surface area contributed by atoms with Gasteiger partial charge in [-0.05, 0) is 32.6 Å². The van der Waals surface area contributed by atoms with Crippen LogP contribution in [0.25, 0.3) is 0 Å². The van der Waals surface area contributed by atoms with Gasteiger partial charge in [0.25, 0.3) is 5.91 Å². The predicted molar refractivity (Wildman–Crippen MR) is 103 cm³/mol. The summed E-state index contributed by atoms with van der Waals surface area (Å²) in [7, 11) is 0. The quantitative estimate of drug-likeness (QED) is 0.585. The van der Waals surface area contributed by atoms with Gasteiger partial charge in [-0.1, -0.05) is 43.2 Å². The lowest BCUT2D eigenvalue weighted by Crippen LogP contribution is -2.45. The Hall–Kier alpha value is -2.70. The van der Waals surface area contributed by atoms with Crippen molar-refractivity contribution in [1.29, 1.82) is 0 Å². The first-order chi connectivity index (χ1) is 14.0. The Labute approximate surface area is 169 Å². The highest BCUT2D eigenvalue weighted by Gasteiger charge is 2.51. The third kappa shape index (κ3) is 3.91. The molecule has 3 fully saturated rings. The van der Waals surface area contributed by atoms with Crippen LogP contribution >= 0.6 is 0 Å². The topological polar surface area (TPSA) is 92.8 Å². The number of hydrogen-bond acceptors (Lipinski definition) is 5. The second-order valence-electron chi connectivity index (χ2n) is 8.23. The zero-order chi connectivity index (χ0) is 20.5. The number of nitrogens with zero attached hydrogens (tertiary/aromatic N) is 1. The Morgan fingerprint density at radius 2 is 1.59 bits per heavy atom. The van der Waals surface area contributed by atoms with Crippen LogP contribution in [0.15, 0.2) is 30.3 Å². The van der Waals surface area contributed by atoms with Crippen LogP contribution in [-0.2, 0) is 23.9 Å². The molecule has 2 saturated carbocycles. The van der Waals surface area contributed by atoms with E-state index in [1.807, 2.05) is 6.07 Å². The van der Waals surface area contributed by atoms with E-state index in [-0.39, 0.29) is 35.6 Å². The summed E-state index contributed by atoms with van der Waals surface area (Å²) in [6, 6.07) is 7.85. The molecular formula is C22H26N2O5. The van der Waals surface area contributed by atoms with E-state index in [4.69, 9.17) is 4.74 Å². The standard InChI is InChI=1S/C22H26N2O5/c1-13(24-20(26)16-9-5-6-10-17(16)21(24)27)22(28)29-18(14-7-3-2-4-8-14)19(25)23-15-11-12-15/h2-4,7-8,13,15-18H,5-6,9-12H2,1H3,(H,23,25)/t13-,16-,17-,18+/m0/s1. The molecule has 29 heavy (non-hydrogen) atoms. The molecule has 1 aliphatic heterocycles. The van der Waals surface area contributed by atoms with Gasteiger partial charge in [0, 0.05) is 11.6 Å². The van der Waals surface area contributed by atoms with Gasteiger partial charge in [-0.3, -0.25) is 19.3 Å². The van der Waals surface area contributed by atoms with Crippen molar-refractivity contribution >= 4 is 23.7 Å². The number of carbonyl (C=O) groups is 4. The molecule has 4 rings (SSSR count). The fraction of sp³-hybridized carbons (Fsp3) is 0.545. The van der Waals surface area contributed by atoms with Crippen LogP contribution < -0.4 is 5.32 Å². The molecule has 0 unspecified atom stereocenters. The second-order valence-corrected chi connectivity index (χ2v) is 8.23. The lowest BCUT2D eigenvalue weighted by molar-refractivity contribution is -0.165. The summed E-state index contributed by atoms with van der Waals surface area (Å²) in [5, 5.41) is 2.86. The third-order valence-electron chi connectivity index (χ3n) is 6.10. The van der Waals surface area contributed by atoms with E-state index in [2.05, 4.69) is 5.32 Å². The maximum absolute atomic E-state index is 12.9. The van der Waals surface area contributed by atoms with Crippen molar-refractivity contribution < 1.29 is 23.9 Å². The molecule has 154 valence electrons. The van der Waals surface area contributed by atoms with Crippen molar-refractivity contribution in [2.24, 2.45) is 11.8 Å². The minimum absolute atomic E-state index is 0.120. The zero-order valence-corrected chi connectivity index (χ0v) is 16.5. The lowest BCUT2D eigenvalue weighted by Gasteiger charge is -2.24. The van der Waals surface area contributed by atoms with E-state index in [0.29, 0.717) is 18.4 Å². The molecule has 7 nitrogen and oxygen atoms in total. The molecule has 4 atom stereocenters. The Balaban J connectivity index is 1.50. The van der Waals surface area contributed by atoms with Gasteiger partial charge in [-0.15, -0.1) is 0 Å². The molecule has 1 saturated heterocycles. The Kier molecular flexibility index (Phi) is 5.39. The number of carbonyl (C=O) groups excluding carboxylic acids is 4. The summed E-state index contributed by atoms with van der Waals surface area (Å²) in [6.45, 7) is 1.50. The predicted octanol–water partition coefficient (Wildman–Crippen LogP) is 2.11. The zero-order valence-electron chi connectivity index (χ0n) is 16.5. The minimum Gasteiger partial charge on any atom is -0.446 e. The van der Waals surface area contributed by atoms with Crippen LogP contribution in [0.4, 0.5) is 0 Å². The van der Waals surface area contributed by atoms with Crippen molar-refractivity contribution in [3.05, 3.63) is 35.9 Å². The van der Waals surface area contributed by atoms with Crippen LogP contribution in [0.1, 0.15) is 57.1 Å². The van der Waals surface area contributed by atoms with Crippen molar-refractivity contribution in [2.75, 3.05) is 0 Å². The van der Waals surface area contributed by atoms with Gasteiger partial charge in [-0.2, -0.15) is 0 Å². The van der Waals surface area contributed by atoms with Gasteiger partial charge in [0.15, 0.2) is 0 Å². The molecule has 7 heteroatoms. The normalized spacial score (nSPS) is 25.9. The van der Waals surface area contributed by atoms with Crippen molar-refractivity contribution in [2.45, 2.75) is 63.6 Å². The Bertz CT molecular complexity index is 796. The van der Waals surface area contributed by atoms with E-state index in [0.717, 1.165) is 30.6 Å². The van der Waals surface area contributed by atoms with Crippen LogP contribution in [0.3, 0.4) is 0 Å². The first-order valence-corrected chi connectivity index (χ1v) is 10.4. The number of rotatable bonds is 6. The summed E-state index contributed by atoms with van der Waals surface area (Å²) in [5.41, 5.74) is 0.555. The number of amides is 3. The number of imide groups is 1. The maximum Gasteiger partial charge on any atom is 0.330 e. The summed E-state index contributed by atoms with van der Waals surface area (Å²) >= 11 is 0. The average molecular weight is 398 g/mol. The van der Waals surface area contributed by atoms with Crippen LogP contribution in [0, 0.1) is 11.8 Å². The SMILES string of the molecule is C[C@@H](C(=O)O[C@@H](C(=O)NC1CC1)c1ccccc1)N1C(=O)[C@H]2CCCC[C@@H]2C1=O. The monoisotopic (exact) mass is 398 g/mol. The third-order valence-corrected chi connectivity index (χ3v) is 6.10. The van der Waals surface area contributed by atoms with Gasteiger partial charge in [0.2, 0.25) is 17.9 Å². The fourth-order valence-electron chi connectivity index (χ4n) is 4.30. The maximum atomic E-state index is 12.9. The Morgan fingerprint density at radius 3 is 2.14 bits per heavy atom. The highest BCUT2D eigenvalue weighted by Crippen LogP contribution is 2.39. The first-order valence-electron chi connectivity index (χ1n) is 10.4. The highest BCUT2D eigenvalue weighted by atomic mass is 16.5. The molecule has 1 aromatic rings. The Morgan fingerprint density at radius 1 is 1.00 bits per heavy atom. The van der Waals surface area contributed by atoms with Gasteiger partial charge >= 0.3 is 5.97 Å². The molecule has 1 aromatic carbocycles. The molecule has 3 aliphatic rings. The largest absolute Gasteiger partial charge is 0.446 e. The number of hydrogen-bond donors (Lipinski definition) is 1. The van der Waals surface area contributed by atoms with E-state index in [1.54, 1.807) is 24.3 Å². The van der Waals surface area contributed by atoms with E-state index < -0.39 is 18.1 Å². The van der Waals surface area contributed by atoms with Crippen molar-refractivity contribution in [3.63, 3.8) is 0 Å². The van der Waals surface area contributed by atoms with Gasteiger partial charge < -0.3 is 10.1 Å². The number of nitrogens with one attached hydrogen (secondary N) is 1. The molecule has 3 amide bonds. The number of likely N-dealkylation sites (tertiary alicyclic amines) is 1. The van der Waals surface area contributed by atoms with Crippen LogP contribution in [-0.4, -0.2) is 40.7 Å². The molecular weight excluding hydrogens is 372 g/mol. The molecule has 0 aromatic heterocycles. The number of benzene rings is 1. The van der Waals surface area contributed by atoms with Gasteiger partial charge in [0.1, 0.15) is 6.04 Å². The minimum atomic E-state index is -1.11. The second kappa shape index (κ2) is 7.97. The van der Waals surface area contributed by atoms with Crippen molar-refractivity contribution in [3.8, 4) is 0 Å². The fourth-order valence-corrected chi connectivity index (χ4v) is 4.30. The van der Waals surface area contributed by atoms with Crippen molar-refractivity contribution in [1.82, 2.24) is 10.2 Å². The molecule has 1 N–H and O–H groups in total. The smallest absolute Gasteiger partial charge is 0.330 e. The van der Waals surface area contributed by atoms with E-state index in [1.165, 1.54) is 6.92 Å². The first kappa shape index (κ1) is 19.6.